The van der Waals surface area contributed by atoms with E-state index in [-0.39, 0.29) is 12.7 Å². The zero-order valence-electron chi connectivity index (χ0n) is 10.4. The Balaban J connectivity index is 1.64. The molecule has 1 N–H and O–H groups in total. The quantitative estimate of drug-likeness (QED) is 0.918. The van der Waals surface area contributed by atoms with Gasteiger partial charge in [-0.15, -0.1) is 11.3 Å². The van der Waals surface area contributed by atoms with Gasteiger partial charge in [0.25, 0.3) is 0 Å². The largest absolute Gasteiger partial charge is 0.444 e. The molecule has 0 aliphatic carbocycles. The number of thiophene rings is 1. The van der Waals surface area contributed by atoms with E-state index in [0.717, 1.165) is 10.9 Å². The van der Waals surface area contributed by atoms with Crippen molar-refractivity contribution in [3.05, 3.63) is 35.2 Å². The first-order valence-corrected chi connectivity index (χ1v) is 7.17. The number of hydrogen-bond donors (Lipinski definition) is 1. The van der Waals surface area contributed by atoms with Crippen LogP contribution in [0.15, 0.2) is 29.6 Å². The molecule has 1 saturated heterocycles. The van der Waals surface area contributed by atoms with Crippen LogP contribution in [-0.4, -0.2) is 35.3 Å². The van der Waals surface area contributed by atoms with Crippen molar-refractivity contribution in [1.29, 1.82) is 0 Å². The number of β-amino-alcohol motifs (C(OH)–C–C–N with tert-alkyl or cyclic N) is 1. The predicted octanol–water partition coefficient (Wildman–Crippen LogP) is 2.60. The Morgan fingerprint density at radius 2 is 2.32 bits per heavy atom. The smallest absolute Gasteiger partial charge is 0.410 e. The predicted molar refractivity (Wildman–Crippen MR) is 74.2 cm³/mol. The molecule has 2 heterocycles. The summed E-state index contributed by atoms with van der Waals surface area (Å²) in [5.74, 6) is 0. The van der Waals surface area contributed by atoms with E-state index in [1.54, 1.807) is 16.2 Å². The molecule has 5 heteroatoms. The van der Waals surface area contributed by atoms with Gasteiger partial charge in [-0.2, -0.15) is 0 Å². The van der Waals surface area contributed by atoms with Crippen LogP contribution in [0.1, 0.15) is 12.0 Å². The highest BCUT2D eigenvalue weighted by Crippen LogP contribution is 2.26. The summed E-state index contributed by atoms with van der Waals surface area (Å²) in [5.41, 5.74) is 1.04. The molecule has 1 aromatic carbocycles. The van der Waals surface area contributed by atoms with Crippen molar-refractivity contribution in [2.24, 2.45) is 0 Å². The Kier molecular flexibility index (Phi) is 3.40. The second-order valence-electron chi connectivity index (χ2n) is 4.70. The summed E-state index contributed by atoms with van der Waals surface area (Å²) in [4.78, 5) is 13.4. The number of aliphatic hydroxyl groups is 1. The van der Waals surface area contributed by atoms with Gasteiger partial charge >= 0.3 is 6.09 Å². The topological polar surface area (TPSA) is 49.8 Å². The zero-order chi connectivity index (χ0) is 13.2. The molecule has 1 aliphatic heterocycles. The third-order valence-corrected chi connectivity index (χ3v) is 4.35. The summed E-state index contributed by atoms with van der Waals surface area (Å²) >= 11 is 1.65. The minimum absolute atomic E-state index is 0.287. The highest BCUT2D eigenvalue weighted by molar-refractivity contribution is 7.17. The van der Waals surface area contributed by atoms with E-state index >= 15 is 0 Å². The van der Waals surface area contributed by atoms with Crippen molar-refractivity contribution in [3.8, 4) is 0 Å². The molecule has 0 bridgehead atoms. The van der Waals surface area contributed by atoms with Crippen LogP contribution < -0.4 is 0 Å². The lowest BCUT2D eigenvalue weighted by molar-refractivity contribution is 0.0976. The SMILES string of the molecule is O=C(OCc1csc2ccccc12)N1CCC(O)C1. The lowest BCUT2D eigenvalue weighted by Gasteiger charge is -2.15. The maximum absolute atomic E-state index is 11.8. The summed E-state index contributed by atoms with van der Waals surface area (Å²) in [6.07, 6.45) is -0.113. The molecule has 1 amide bonds. The van der Waals surface area contributed by atoms with Gasteiger partial charge in [0, 0.05) is 23.4 Å². The summed E-state index contributed by atoms with van der Waals surface area (Å²) < 4.78 is 6.51. The van der Waals surface area contributed by atoms with Crippen molar-refractivity contribution >= 4 is 27.5 Å². The van der Waals surface area contributed by atoms with E-state index in [1.165, 1.54) is 4.70 Å². The Morgan fingerprint density at radius 1 is 1.47 bits per heavy atom. The van der Waals surface area contributed by atoms with Gasteiger partial charge in [0.05, 0.1) is 6.10 Å². The van der Waals surface area contributed by atoms with Gasteiger partial charge in [0.15, 0.2) is 0 Å². The van der Waals surface area contributed by atoms with E-state index in [2.05, 4.69) is 6.07 Å². The average Bonchev–Trinajstić information content (AvgIpc) is 3.02. The first kappa shape index (κ1) is 12.4. The highest BCUT2D eigenvalue weighted by atomic mass is 32.1. The Bertz CT molecular complexity index is 595. The lowest BCUT2D eigenvalue weighted by atomic mass is 10.2. The van der Waals surface area contributed by atoms with Gasteiger partial charge in [0.1, 0.15) is 6.61 Å². The molecule has 1 aliphatic rings. The van der Waals surface area contributed by atoms with Crippen LogP contribution >= 0.6 is 11.3 Å². The summed E-state index contributed by atoms with van der Waals surface area (Å²) in [6.45, 7) is 1.24. The van der Waals surface area contributed by atoms with Crippen molar-refractivity contribution < 1.29 is 14.6 Å². The van der Waals surface area contributed by atoms with Crippen molar-refractivity contribution in [1.82, 2.24) is 4.90 Å². The van der Waals surface area contributed by atoms with Crippen LogP contribution in [0.3, 0.4) is 0 Å². The van der Waals surface area contributed by atoms with Gasteiger partial charge in [-0.05, 0) is 23.3 Å². The number of benzene rings is 1. The Hall–Kier alpha value is -1.59. The van der Waals surface area contributed by atoms with E-state index < -0.39 is 6.10 Å². The molecule has 0 radical (unpaired) electrons. The summed E-state index contributed by atoms with van der Waals surface area (Å²) in [6, 6.07) is 8.08. The molecule has 1 atom stereocenters. The Labute approximate surface area is 115 Å². The fourth-order valence-electron chi connectivity index (χ4n) is 2.28. The summed E-state index contributed by atoms with van der Waals surface area (Å²) in [5, 5.41) is 12.6. The molecular weight excluding hydrogens is 262 g/mol. The molecule has 4 nitrogen and oxygen atoms in total. The van der Waals surface area contributed by atoms with Crippen molar-refractivity contribution in [3.63, 3.8) is 0 Å². The number of carbonyl (C=O) groups is 1. The molecule has 100 valence electrons. The van der Waals surface area contributed by atoms with Gasteiger partial charge in [-0.25, -0.2) is 4.79 Å². The van der Waals surface area contributed by atoms with Crippen LogP contribution in [0.2, 0.25) is 0 Å². The van der Waals surface area contributed by atoms with Crippen LogP contribution in [0.4, 0.5) is 4.79 Å². The number of nitrogens with zero attached hydrogens (tertiary/aromatic N) is 1. The molecule has 19 heavy (non-hydrogen) atoms. The number of likely N-dealkylation sites (tertiary alicyclic amines) is 1. The van der Waals surface area contributed by atoms with E-state index in [0.29, 0.717) is 19.5 Å². The van der Waals surface area contributed by atoms with E-state index in [9.17, 15) is 9.90 Å². The van der Waals surface area contributed by atoms with Crippen molar-refractivity contribution in [2.75, 3.05) is 13.1 Å². The molecule has 1 fully saturated rings. The van der Waals surface area contributed by atoms with Gasteiger partial charge < -0.3 is 14.7 Å². The number of fused-ring (bicyclic) bond motifs is 1. The number of ether oxygens (including phenoxy) is 1. The average molecular weight is 277 g/mol. The minimum atomic E-state index is -0.408. The third-order valence-electron chi connectivity index (χ3n) is 3.33. The van der Waals surface area contributed by atoms with Crippen LogP contribution in [-0.2, 0) is 11.3 Å². The van der Waals surface area contributed by atoms with E-state index in [1.807, 2.05) is 23.6 Å². The number of hydrogen-bond acceptors (Lipinski definition) is 4. The van der Waals surface area contributed by atoms with Gasteiger partial charge in [-0.3, -0.25) is 0 Å². The molecule has 0 spiro atoms. The lowest BCUT2D eigenvalue weighted by Crippen LogP contribution is -2.30. The first-order valence-electron chi connectivity index (χ1n) is 6.29. The second kappa shape index (κ2) is 5.19. The number of aliphatic hydroxyl groups excluding tert-OH is 1. The Morgan fingerprint density at radius 3 is 3.11 bits per heavy atom. The van der Waals surface area contributed by atoms with Crippen LogP contribution in [0, 0.1) is 0 Å². The molecular formula is C14H15NO3S. The zero-order valence-corrected chi connectivity index (χ0v) is 11.2. The second-order valence-corrected chi connectivity index (χ2v) is 5.61. The maximum atomic E-state index is 11.8. The number of amides is 1. The molecule has 1 aromatic heterocycles. The molecule has 2 aromatic rings. The fraction of sp³-hybridized carbons (Fsp3) is 0.357. The van der Waals surface area contributed by atoms with Gasteiger partial charge in [-0.1, -0.05) is 18.2 Å². The fourth-order valence-corrected chi connectivity index (χ4v) is 3.23. The standard InChI is InChI=1S/C14H15NO3S/c16-11-5-6-15(7-11)14(17)18-8-10-9-19-13-4-2-1-3-12(10)13/h1-4,9,11,16H,5-8H2. The van der Waals surface area contributed by atoms with Crippen molar-refractivity contribution in [2.45, 2.75) is 19.1 Å². The minimum Gasteiger partial charge on any atom is -0.444 e. The number of carbonyl (C=O) groups excluding carboxylic acids is 1. The monoisotopic (exact) mass is 277 g/mol. The van der Waals surface area contributed by atoms with Gasteiger partial charge in [0.2, 0.25) is 0 Å². The third kappa shape index (κ3) is 2.57. The van der Waals surface area contributed by atoms with Crippen LogP contribution in [0.5, 0.6) is 0 Å². The number of rotatable bonds is 2. The van der Waals surface area contributed by atoms with E-state index in [4.69, 9.17) is 4.74 Å². The maximum Gasteiger partial charge on any atom is 0.410 e. The normalized spacial score (nSPS) is 19.0. The first-order chi connectivity index (χ1) is 9.24. The summed E-state index contributed by atoms with van der Waals surface area (Å²) in [7, 11) is 0. The molecule has 1 unspecified atom stereocenters. The van der Waals surface area contributed by atoms with Crippen LogP contribution in [0.25, 0.3) is 10.1 Å². The molecule has 3 rings (SSSR count). The molecule has 0 saturated carbocycles. The highest BCUT2D eigenvalue weighted by Gasteiger charge is 2.25.